The van der Waals surface area contributed by atoms with Crippen molar-refractivity contribution in [2.24, 2.45) is 11.3 Å². The van der Waals surface area contributed by atoms with Crippen LogP contribution in [-0.4, -0.2) is 58.3 Å². The van der Waals surface area contributed by atoms with Crippen molar-refractivity contribution in [1.29, 1.82) is 0 Å². The first-order valence-electron chi connectivity index (χ1n) is 9.56. The molecule has 2 atom stereocenters. The van der Waals surface area contributed by atoms with Crippen LogP contribution in [0.5, 0.6) is 0 Å². The Labute approximate surface area is 145 Å². The van der Waals surface area contributed by atoms with Crippen molar-refractivity contribution >= 4 is 6.03 Å². The first-order valence-corrected chi connectivity index (χ1v) is 9.56. The third-order valence-electron chi connectivity index (χ3n) is 5.83. The van der Waals surface area contributed by atoms with E-state index in [1.54, 1.807) is 0 Å². The van der Waals surface area contributed by atoms with Crippen molar-refractivity contribution < 1.29 is 19.0 Å². The Morgan fingerprint density at radius 1 is 1.12 bits per heavy atom. The van der Waals surface area contributed by atoms with Crippen molar-refractivity contribution in [1.82, 2.24) is 10.6 Å². The van der Waals surface area contributed by atoms with Gasteiger partial charge in [-0.05, 0) is 43.9 Å². The van der Waals surface area contributed by atoms with E-state index in [9.17, 15) is 4.79 Å². The number of nitrogens with one attached hydrogen (secondary N) is 2. The average Bonchev–Trinajstić information content (AvgIpc) is 3.23. The number of urea groups is 1. The quantitative estimate of drug-likeness (QED) is 0.696. The van der Waals surface area contributed by atoms with E-state index in [-0.39, 0.29) is 11.4 Å². The van der Waals surface area contributed by atoms with Gasteiger partial charge in [0.15, 0.2) is 0 Å². The van der Waals surface area contributed by atoms with Gasteiger partial charge in [-0.25, -0.2) is 4.79 Å². The van der Waals surface area contributed by atoms with Crippen LogP contribution in [0.25, 0.3) is 0 Å². The number of ether oxygens (including phenoxy) is 3. The van der Waals surface area contributed by atoms with Gasteiger partial charge in [0, 0.05) is 44.9 Å². The zero-order chi connectivity index (χ0) is 16.7. The molecule has 2 heterocycles. The van der Waals surface area contributed by atoms with Gasteiger partial charge in [-0.1, -0.05) is 6.42 Å². The van der Waals surface area contributed by atoms with Crippen LogP contribution in [-0.2, 0) is 14.2 Å². The predicted octanol–water partition coefficient (Wildman–Crippen LogP) is 2.08. The van der Waals surface area contributed by atoms with Gasteiger partial charge in [0.1, 0.15) is 0 Å². The number of carbonyl (C=O) groups excluding carboxylic acids is 1. The van der Waals surface area contributed by atoms with Gasteiger partial charge >= 0.3 is 6.03 Å². The Kier molecular flexibility index (Phi) is 6.75. The van der Waals surface area contributed by atoms with Crippen LogP contribution >= 0.6 is 0 Å². The average molecular weight is 340 g/mol. The van der Waals surface area contributed by atoms with Crippen molar-refractivity contribution in [2.45, 2.75) is 51.0 Å². The third kappa shape index (κ3) is 4.83. The Morgan fingerprint density at radius 2 is 2.00 bits per heavy atom. The second kappa shape index (κ2) is 9.02. The molecule has 3 fully saturated rings. The number of rotatable bonds is 7. The summed E-state index contributed by atoms with van der Waals surface area (Å²) in [7, 11) is 0. The van der Waals surface area contributed by atoms with Gasteiger partial charge in [0.2, 0.25) is 0 Å². The molecule has 1 spiro atoms. The number of carbonyl (C=O) groups is 1. The minimum atomic E-state index is -0.0306. The lowest BCUT2D eigenvalue weighted by Gasteiger charge is -2.39. The van der Waals surface area contributed by atoms with Crippen LogP contribution in [0.3, 0.4) is 0 Å². The molecule has 0 aromatic heterocycles. The highest BCUT2D eigenvalue weighted by molar-refractivity contribution is 5.74. The molecule has 3 rings (SSSR count). The maximum Gasteiger partial charge on any atom is 0.315 e. The SMILES string of the molecule is O=C(NCCCOCC1CCOC1)NC1CCCC12CCOCC2. The lowest BCUT2D eigenvalue weighted by molar-refractivity contribution is 0.00623. The predicted molar refractivity (Wildman–Crippen MR) is 91.0 cm³/mol. The molecule has 1 saturated carbocycles. The molecule has 2 amide bonds. The highest BCUT2D eigenvalue weighted by Crippen LogP contribution is 2.45. The molecule has 2 unspecified atom stereocenters. The van der Waals surface area contributed by atoms with Crippen LogP contribution in [0, 0.1) is 11.3 Å². The zero-order valence-corrected chi connectivity index (χ0v) is 14.7. The van der Waals surface area contributed by atoms with Crippen LogP contribution < -0.4 is 10.6 Å². The van der Waals surface area contributed by atoms with Crippen molar-refractivity contribution in [3.8, 4) is 0 Å². The molecule has 1 aliphatic carbocycles. The molecule has 0 bridgehead atoms. The molecular formula is C18H32N2O4. The molecule has 0 aromatic carbocycles. The van der Waals surface area contributed by atoms with E-state index in [0.29, 0.717) is 25.1 Å². The van der Waals surface area contributed by atoms with E-state index >= 15 is 0 Å². The summed E-state index contributed by atoms with van der Waals surface area (Å²) in [6.45, 7) is 5.50. The summed E-state index contributed by atoms with van der Waals surface area (Å²) in [4.78, 5) is 12.2. The van der Waals surface area contributed by atoms with E-state index in [2.05, 4.69) is 10.6 Å². The lowest BCUT2D eigenvalue weighted by Crippen LogP contribution is -2.50. The van der Waals surface area contributed by atoms with Gasteiger partial charge in [-0.15, -0.1) is 0 Å². The second-order valence-electron chi connectivity index (χ2n) is 7.48. The van der Waals surface area contributed by atoms with Crippen LogP contribution in [0.2, 0.25) is 0 Å². The minimum Gasteiger partial charge on any atom is -0.381 e. The molecule has 2 aliphatic heterocycles. The summed E-state index contributed by atoms with van der Waals surface area (Å²) < 4.78 is 16.5. The highest BCUT2D eigenvalue weighted by Gasteiger charge is 2.44. The molecule has 0 radical (unpaired) electrons. The molecule has 3 aliphatic rings. The fourth-order valence-corrected chi connectivity index (χ4v) is 4.29. The van der Waals surface area contributed by atoms with E-state index in [1.807, 2.05) is 0 Å². The standard InChI is InChI=1S/C18H32N2O4/c21-17(19-8-2-9-23-13-15-4-10-24-14-15)20-16-3-1-5-18(16)6-11-22-12-7-18/h15-16H,1-14H2,(H2,19,20,21). The van der Waals surface area contributed by atoms with Gasteiger partial charge < -0.3 is 24.8 Å². The maximum absolute atomic E-state index is 12.2. The van der Waals surface area contributed by atoms with Gasteiger partial charge in [-0.2, -0.15) is 0 Å². The second-order valence-corrected chi connectivity index (χ2v) is 7.48. The normalized spacial score (nSPS) is 29.0. The molecule has 0 aromatic rings. The largest absolute Gasteiger partial charge is 0.381 e. The van der Waals surface area contributed by atoms with Crippen molar-refractivity contribution in [3.63, 3.8) is 0 Å². The Balaban J connectivity index is 1.27. The zero-order valence-electron chi connectivity index (χ0n) is 14.7. The number of hydrogen-bond acceptors (Lipinski definition) is 4. The van der Waals surface area contributed by atoms with E-state index in [0.717, 1.165) is 65.1 Å². The van der Waals surface area contributed by atoms with Gasteiger partial charge in [0.25, 0.3) is 0 Å². The fourth-order valence-electron chi connectivity index (χ4n) is 4.29. The lowest BCUT2D eigenvalue weighted by atomic mass is 9.75. The maximum atomic E-state index is 12.2. The summed E-state index contributed by atoms with van der Waals surface area (Å²) in [6.07, 6.45) is 7.65. The molecule has 2 N–H and O–H groups in total. The van der Waals surface area contributed by atoms with E-state index in [1.165, 1.54) is 12.8 Å². The summed E-state index contributed by atoms with van der Waals surface area (Å²) >= 11 is 0. The number of amides is 2. The number of hydrogen-bond donors (Lipinski definition) is 2. The van der Waals surface area contributed by atoms with Gasteiger partial charge in [0.05, 0.1) is 13.2 Å². The topological polar surface area (TPSA) is 68.8 Å². The molecule has 24 heavy (non-hydrogen) atoms. The van der Waals surface area contributed by atoms with Crippen LogP contribution in [0.15, 0.2) is 0 Å². The smallest absolute Gasteiger partial charge is 0.315 e. The Bertz CT molecular complexity index is 392. The summed E-state index contributed by atoms with van der Waals surface area (Å²) in [6, 6.07) is 0.275. The monoisotopic (exact) mass is 340 g/mol. The third-order valence-corrected chi connectivity index (χ3v) is 5.83. The minimum absolute atomic E-state index is 0.0306. The summed E-state index contributed by atoms with van der Waals surface area (Å²) in [5, 5.41) is 6.19. The highest BCUT2D eigenvalue weighted by atomic mass is 16.5. The van der Waals surface area contributed by atoms with Crippen LogP contribution in [0.1, 0.15) is 44.9 Å². The first kappa shape index (κ1) is 18.0. The Morgan fingerprint density at radius 3 is 2.79 bits per heavy atom. The van der Waals surface area contributed by atoms with E-state index in [4.69, 9.17) is 14.2 Å². The molecule has 138 valence electrons. The molecular weight excluding hydrogens is 308 g/mol. The Hall–Kier alpha value is -0.850. The van der Waals surface area contributed by atoms with Crippen molar-refractivity contribution in [2.75, 3.05) is 46.2 Å². The summed E-state index contributed by atoms with van der Waals surface area (Å²) in [5.41, 5.74) is 0.280. The van der Waals surface area contributed by atoms with Crippen molar-refractivity contribution in [3.05, 3.63) is 0 Å². The molecule has 2 saturated heterocycles. The first-order chi connectivity index (χ1) is 11.8. The summed E-state index contributed by atoms with van der Waals surface area (Å²) in [5.74, 6) is 0.555. The molecule has 6 heteroatoms. The molecule has 6 nitrogen and oxygen atoms in total. The van der Waals surface area contributed by atoms with E-state index < -0.39 is 0 Å². The van der Waals surface area contributed by atoms with Gasteiger partial charge in [-0.3, -0.25) is 0 Å². The van der Waals surface area contributed by atoms with Crippen LogP contribution in [0.4, 0.5) is 4.79 Å². The fraction of sp³-hybridized carbons (Fsp3) is 0.944.